The largest absolute Gasteiger partial charge is 0.481 e. The van der Waals surface area contributed by atoms with E-state index in [4.69, 9.17) is 16.3 Å². The smallest absolute Gasteiger partial charge is 0.263 e. The number of carbonyl (C=O) groups is 1. The van der Waals surface area contributed by atoms with E-state index in [1.807, 2.05) is 0 Å². The van der Waals surface area contributed by atoms with Crippen LogP contribution < -0.4 is 4.74 Å². The summed E-state index contributed by atoms with van der Waals surface area (Å²) in [5, 5.41) is 0.529. The maximum absolute atomic E-state index is 12.6. The summed E-state index contributed by atoms with van der Waals surface area (Å²) < 4.78 is 32.3. The normalized spacial score (nSPS) is 16.7. The van der Waals surface area contributed by atoms with Gasteiger partial charge in [-0.2, -0.15) is 4.31 Å². The van der Waals surface area contributed by atoms with Crippen molar-refractivity contribution in [2.24, 2.45) is 0 Å². The lowest BCUT2D eigenvalue weighted by Gasteiger charge is -2.35. The molecule has 0 aliphatic carbocycles. The van der Waals surface area contributed by atoms with E-state index in [-0.39, 0.29) is 23.9 Å². The van der Waals surface area contributed by atoms with Gasteiger partial charge in [0.05, 0.1) is 0 Å². The Morgan fingerprint density at radius 3 is 2.56 bits per heavy atom. The zero-order valence-corrected chi connectivity index (χ0v) is 16.4. The summed E-state index contributed by atoms with van der Waals surface area (Å²) in [6.07, 6.45) is 2.16. The van der Waals surface area contributed by atoms with Gasteiger partial charge in [0.25, 0.3) is 5.91 Å². The highest BCUT2D eigenvalue weighted by Gasteiger charge is 2.32. The molecule has 1 saturated heterocycles. The number of nitrogens with zero attached hydrogens (tertiary/aromatic N) is 3. The van der Waals surface area contributed by atoms with Gasteiger partial charge in [-0.25, -0.2) is 8.42 Å². The molecule has 1 atom stereocenters. The first kappa shape index (κ1) is 19.6. The molecule has 1 aromatic heterocycles. The topological polar surface area (TPSA) is 79.8 Å². The molecule has 2 heterocycles. The van der Waals surface area contributed by atoms with Gasteiger partial charge >= 0.3 is 0 Å². The monoisotopic (exact) mass is 409 g/mol. The molecule has 0 spiro atoms. The van der Waals surface area contributed by atoms with Gasteiger partial charge < -0.3 is 9.64 Å². The molecule has 0 saturated carbocycles. The fourth-order valence-electron chi connectivity index (χ4n) is 2.85. The second-order valence-electron chi connectivity index (χ2n) is 6.14. The Kier molecular flexibility index (Phi) is 5.98. The second-order valence-corrected chi connectivity index (χ2v) is 8.51. The number of amides is 1. The number of rotatable bonds is 5. The Bertz CT molecular complexity index is 900. The van der Waals surface area contributed by atoms with E-state index < -0.39 is 16.1 Å². The van der Waals surface area contributed by atoms with Gasteiger partial charge in [-0.1, -0.05) is 17.7 Å². The summed E-state index contributed by atoms with van der Waals surface area (Å²) in [5.74, 6) is 0.328. The van der Waals surface area contributed by atoms with Crippen molar-refractivity contribution in [2.45, 2.75) is 17.9 Å². The van der Waals surface area contributed by atoms with Crippen LogP contribution in [0.25, 0.3) is 0 Å². The number of benzene rings is 1. The maximum Gasteiger partial charge on any atom is 0.263 e. The summed E-state index contributed by atoms with van der Waals surface area (Å²) in [6.45, 7) is 2.74. The van der Waals surface area contributed by atoms with Crippen molar-refractivity contribution in [3.05, 3.63) is 53.8 Å². The van der Waals surface area contributed by atoms with Gasteiger partial charge in [-0.15, -0.1) is 0 Å². The molecule has 1 aliphatic heterocycles. The number of aromatic nitrogens is 1. The van der Waals surface area contributed by atoms with Gasteiger partial charge in [-0.3, -0.25) is 9.78 Å². The number of carbonyl (C=O) groups excluding carboxylic acids is 1. The van der Waals surface area contributed by atoms with E-state index in [1.165, 1.54) is 22.8 Å². The molecule has 0 bridgehead atoms. The first-order valence-corrected chi connectivity index (χ1v) is 10.3. The Morgan fingerprint density at radius 2 is 1.93 bits per heavy atom. The molecular formula is C18H20ClN3O4S. The van der Waals surface area contributed by atoms with Crippen LogP contribution in [0, 0.1) is 0 Å². The van der Waals surface area contributed by atoms with Gasteiger partial charge in [0.1, 0.15) is 10.6 Å². The molecule has 9 heteroatoms. The number of hydrogen-bond donors (Lipinski definition) is 0. The van der Waals surface area contributed by atoms with Crippen LogP contribution in [0.2, 0.25) is 5.02 Å². The molecular weight excluding hydrogens is 390 g/mol. The van der Waals surface area contributed by atoms with Crippen molar-refractivity contribution < 1.29 is 17.9 Å². The minimum absolute atomic E-state index is 0.155. The van der Waals surface area contributed by atoms with Crippen LogP contribution >= 0.6 is 11.6 Å². The lowest BCUT2D eigenvalue weighted by Crippen LogP contribution is -2.53. The predicted molar refractivity (Wildman–Crippen MR) is 101 cm³/mol. The minimum Gasteiger partial charge on any atom is -0.481 e. The molecule has 1 aliphatic rings. The third-order valence-corrected chi connectivity index (χ3v) is 6.40. The second kappa shape index (κ2) is 8.24. The van der Waals surface area contributed by atoms with Crippen molar-refractivity contribution in [1.82, 2.24) is 14.2 Å². The number of halogens is 1. The molecule has 1 fully saturated rings. The van der Waals surface area contributed by atoms with Crippen molar-refractivity contribution in [2.75, 3.05) is 26.2 Å². The first-order valence-electron chi connectivity index (χ1n) is 8.49. The molecule has 144 valence electrons. The number of sulfonamides is 1. The van der Waals surface area contributed by atoms with E-state index in [2.05, 4.69) is 4.98 Å². The predicted octanol–water partition coefficient (Wildman–Crippen LogP) is 2.04. The fraction of sp³-hybridized carbons (Fsp3) is 0.333. The van der Waals surface area contributed by atoms with E-state index in [1.54, 1.807) is 42.2 Å². The fourth-order valence-corrected chi connectivity index (χ4v) is 4.42. The number of hydrogen-bond acceptors (Lipinski definition) is 5. The summed E-state index contributed by atoms with van der Waals surface area (Å²) in [4.78, 5) is 18.2. The van der Waals surface area contributed by atoms with Crippen molar-refractivity contribution in [3.8, 4) is 5.75 Å². The van der Waals surface area contributed by atoms with Gasteiger partial charge in [0, 0.05) is 43.6 Å². The average molecular weight is 410 g/mol. The first-order chi connectivity index (χ1) is 12.9. The molecule has 1 aromatic carbocycles. The third-order valence-electron chi connectivity index (χ3n) is 4.28. The van der Waals surface area contributed by atoms with E-state index in [9.17, 15) is 13.2 Å². The van der Waals surface area contributed by atoms with Crippen molar-refractivity contribution in [3.63, 3.8) is 0 Å². The van der Waals surface area contributed by atoms with Crippen LogP contribution in [0.1, 0.15) is 6.92 Å². The Labute approximate surface area is 163 Å². The molecule has 1 amide bonds. The Hall–Kier alpha value is -2.16. The number of ether oxygens (including phenoxy) is 1. The lowest BCUT2D eigenvalue weighted by molar-refractivity contribution is -0.139. The average Bonchev–Trinajstić information content (AvgIpc) is 2.68. The zero-order chi connectivity index (χ0) is 19.4. The molecule has 3 rings (SSSR count). The van der Waals surface area contributed by atoms with Crippen LogP contribution in [0.4, 0.5) is 0 Å². The van der Waals surface area contributed by atoms with Crippen LogP contribution in [0.3, 0.4) is 0 Å². The molecule has 0 N–H and O–H groups in total. The Morgan fingerprint density at radius 1 is 1.19 bits per heavy atom. The summed E-state index contributed by atoms with van der Waals surface area (Å²) >= 11 is 5.92. The van der Waals surface area contributed by atoms with Gasteiger partial charge in [0.2, 0.25) is 10.0 Å². The highest BCUT2D eigenvalue weighted by molar-refractivity contribution is 7.89. The summed E-state index contributed by atoms with van der Waals surface area (Å²) in [5.41, 5.74) is 0. The standard InChI is InChI=1S/C18H20ClN3O4S/c1-14(26-16-5-2-4-15(19)12-16)18(23)21-8-10-22(11-9-21)27(24,25)17-6-3-7-20-13-17/h2-7,12-14H,8-11H2,1H3. The quantitative estimate of drug-likeness (QED) is 0.754. The van der Waals surface area contributed by atoms with Crippen LogP contribution in [-0.2, 0) is 14.8 Å². The highest BCUT2D eigenvalue weighted by atomic mass is 35.5. The number of pyridine rings is 1. The van der Waals surface area contributed by atoms with Crippen LogP contribution in [0.15, 0.2) is 53.7 Å². The van der Waals surface area contributed by atoms with Crippen LogP contribution in [0.5, 0.6) is 5.75 Å². The van der Waals surface area contributed by atoms with Crippen LogP contribution in [-0.4, -0.2) is 60.8 Å². The molecule has 7 nitrogen and oxygen atoms in total. The zero-order valence-electron chi connectivity index (χ0n) is 14.8. The molecule has 1 unspecified atom stereocenters. The van der Waals surface area contributed by atoms with E-state index in [0.717, 1.165) is 0 Å². The lowest BCUT2D eigenvalue weighted by atomic mass is 10.2. The third kappa shape index (κ3) is 4.58. The van der Waals surface area contributed by atoms with Gasteiger partial charge in [-0.05, 0) is 37.3 Å². The van der Waals surface area contributed by atoms with Crippen molar-refractivity contribution in [1.29, 1.82) is 0 Å². The van der Waals surface area contributed by atoms with E-state index >= 15 is 0 Å². The maximum atomic E-state index is 12.6. The summed E-state index contributed by atoms with van der Waals surface area (Å²) in [6, 6.07) is 9.94. The van der Waals surface area contributed by atoms with E-state index in [0.29, 0.717) is 23.9 Å². The molecule has 2 aromatic rings. The molecule has 27 heavy (non-hydrogen) atoms. The number of piperazine rings is 1. The summed E-state index contributed by atoms with van der Waals surface area (Å²) in [7, 11) is -3.60. The minimum atomic E-state index is -3.60. The Balaban J connectivity index is 1.59. The molecule has 0 radical (unpaired) electrons. The van der Waals surface area contributed by atoms with Crippen molar-refractivity contribution >= 4 is 27.5 Å². The van der Waals surface area contributed by atoms with Gasteiger partial charge in [0.15, 0.2) is 6.10 Å². The highest BCUT2D eigenvalue weighted by Crippen LogP contribution is 2.20. The SMILES string of the molecule is CC(Oc1cccc(Cl)c1)C(=O)N1CCN(S(=O)(=O)c2cccnc2)CC1.